The van der Waals surface area contributed by atoms with Crippen LogP contribution in [-0.4, -0.2) is 33.6 Å². The highest BCUT2D eigenvalue weighted by molar-refractivity contribution is 7.99. The topological polar surface area (TPSA) is 97.8 Å². The molecule has 0 radical (unpaired) electrons. The first kappa shape index (κ1) is 27.7. The number of Topliss-reactive ketones (excluding diaryl/α,β-unsaturated/α-hetero) is 1. The smallest absolute Gasteiger partial charge is 0.255 e. The fourth-order valence-electron chi connectivity index (χ4n) is 4.48. The Balaban J connectivity index is 1.35. The van der Waals surface area contributed by atoms with E-state index in [0.717, 1.165) is 21.7 Å². The van der Waals surface area contributed by atoms with E-state index >= 15 is 0 Å². The standard InChI is InChI=1S/C32H30N2O5S/c1-21(36)24-6-5-9-27(17-24)34-31(37)25-7-4-8-26(16-25)32-38-28(20-40-30-10-2-3-15-33-30)18-29(39-32)23-13-11-22(19-35)12-14-23/h2-17,28-29,32,35H,18-20H2,1H3,(H,34,37)/t28-,29+,32?/m0/s1. The molecule has 0 bridgehead atoms. The van der Waals surface area contributed by atoms with Gasteiger partial charge in [0.25, 0.3) is 5.91 Å². The van der Waals surface area contributed by atoms with Gasteiger partial charge in [-0.15, -0.1) is 11.8 Å². The molecule has 3 aromatic carbocycles. The quantitative estimate of drug-likeness (QED) is 0.183. The summed E-state index contributed by atoms with van der Waals surface area (Å²) in [7, 11) is 0. The molecule has 3 atom stereocenters. The Labute approximate surface area is 237 Å². The number of rotatable bonds is 9. The minimum atomic E-state index is -0.681. The van der Waals surface area contributed by atoms with Crippen molar-refractivity contribution in [2.75, 3.05) is 11.1 Å². The fraction of sp³-hybridized carbons (Fsp3) is 0.219. The molecule has 2 heterocycles. The maximum atomic E-state index is 13.1. The third-order valence-electron chi connectivity index (χ3n) is 6.62. The van der Waals surface area contributed by atoms with Gasteiger partial charge in [-0.25, -0.2) is 4.98 Å². The van der Waals surface area contributed by atoms with E-state index in [-0.39, 0.29) is 30.5 Å². The molecule has 1 saturated heterocycles. The van der Waals surface area contributed by atoms with Crippen LogP contribution >= 0.6 is 11.8 Å². The monoisotopic (exact) mass is 554 g/mol. The zero-order valence-electron chi connectivity index (χ0n) is 22.0. The van der Waals surface area contributed by atoms with E-state index in [1.165, 1.54) is 6.92 Å². The van der Waals surface area contributed by atoms with Crippen LogP contribution in [0, 0.1) is 0 Å². The van der Waals surface area contributed by atoms with Gasteiger partial charge in [-0.05, 0) is 54.4 Å². The summed E-state index contributed by atoms with van der Waals surface area (Å²) in [5.41, 5.74) is 4.09. The molecule has 0 aliphatic carbocycles. The first-order valence-corrected chi connectivity index (χ1v) is 14.0. The largest absolute Gasteiger partial charge is 0.392 e. The molecule has 1 amide bonds. The van der Waals surface area contributed by atoms with E-state index in [1.54, 1.807) is 60.4 Å². The van der Waals surface area contributed by atoms with Crippen LogP contribution < -0.4 is 5.32 Å². The molecule has 5 rings (SSSR count). The molecule has 0 saturated carbocycles. The lowest BCUT2D eigenvalue weighted by Crippen LogP contribution is -2.31. The van der Waals surface area contributed by atoms with Crippen LogP contribution in [0.15, 0.2) is 102 Å². The number of ketones is 1. The third-order valence-corrected chi connectivity index (χ3v) is 7.69. The number of benzene rings is 3. The minimum absolute atomic E-state index is 0.0191. The number of aliphatic hydroxyl groups is 1. The Hall–Kier alpha value is -3.82. The van der Waals surface area contributed by atoms with Crippen molar-refractivity contribution in [3.05, 3.63) is 125 Å². The second-order valence-corrected chi connectivity index (χ2v) is 10.6. The summed E-state index contributed by atoms with van der Waals surface area (Å²) >= 11 is 1.63. The Morgan fingerprint density at radius 1 is 0.925 bits per heavy atom. The molecule has 40 heavy (non-hydrogen) atoms. The normalized spacial score (nSPS) is 18.7. The van der Waals surface area contributed by atoms with Crippen molar-refractivity contribution in [1.29, 1.82) is 0 Å². The molecule has 4 aromatic rings. The number of carbonyl (C=O) groups excluding carboxylic acids is 2. The van der Waals surface area contributed by atoms with Gasteiger partial charge in [0.2, 0.25) is 0 Å². The SMILES string of the molecule is CC(=O)c1cccc(NC(=O)c2cccc(C3O[C@H](CSc4ccccn4)C[C@H](c4ccc(CO)cc4)O3)c2)c1. The zero-order valence-corrected chi connectivity index (χ0v) is 22.8. The summed E-state index contributed by atoms with van der Waals surface area (Å²) < 4.78 is 12.8. The zero-order chi connectivity index (χ0) is 27.9. The lowest BCUT2D eigenvalue weighted by Gasteiger charge is -2.36. The van der Waals surface area contributed by atoms with Crippen LogP contribution in [0.25, 0.3) is 0 Å². The van der Waals surface area contributed by atoms with E-state index in [4.69, 9.17) is 9.47 Å². The number of hydrogen-bond acceptors (Lipinski definition) is 7. The molecule has 204 valence electrons. The first-order chi connectivity index (χ1) is 19.5. The molecule has 8 heteroatoms. The summed E-state index contributed by atoms with van der Waals surface area (Å²) in [6.45, 7) is 1.47. The molecular weight excluding hydrogens is 524 g/mol. The number of ether oxygens (including phenoxy) is 2. The minimum Gasteiger partial charge on any atom is -0.392 e. The summed E-state index contributed by atoms with van der Waals surface area (Å²) in [5.74, 6) is 0.326. The molecule has 0 spiro atoms. The van der Waals surface area contributed by atoms with Gasteiger partial charge in [0.05, 0.1) is 23.8 Å². The van der Waals surface area contributed by atoms with Gasteiger partial charge >= 0.3 is 0 Å². The van der Waals surface area contributed by atoms with Crippen LogP contribution in [0.3, 0.4) is 0 Å². The molecule has 1 aliphatic heterocycles. The van der Waals surface area contributed by atoms with Crippen molar-refractivity contribution in [3.63, 3.8) is 0 Å². The molecule has 1 fully saturated rings. The third kappa shape index (κ3) is 7.03. The maximum absolute atomic E-state index is 13.1. The van der Waals surface area contributed by atoms with Crippen LogP contribution in [-0.2, 0) is 16.1 Å². The Morgan fingerprint density at radius 3 is 2.48 bits per heavy atom. The highest BCUT2D eigenvalue weighted by Crippen LogP contribution is 2.39. The molecule has 1 aromatic heterocycles. The Bertz CT molecular complexity index is 1460. The highest BCUT2D eigenvalue weighted by atomic mass is 32.2. The summed E-state index contributed by atoms with van der Waals surface area (Å²) in [6, 6.07) is 27.6. The predicted octanol–water partition coefficient (Wildman–Crippen LogP) is 6.37. The first-order valence-electron chi connectivity index (χ1n) is 13.1. The number of nitrogens with zero attached hydrogens (tertiary/aromatic N) is 1. The van der Waals surface area contributed by atoms with Crippen molar-refractivity contribution < 1.29 is 24.2 Å². The predicted molar refractivity (Wildman–Crippen MR) is 154 cm³/mol. The van der Waals surface area contributed by atoms with E-state index in [9.17, 15) is 14.7 Å². The second kappa shape index (κ2) is 13.0. The van der Waals surface area contributed by atoms with Gasteiger partial charge < -0.3 is 19.9 Å². The van der Waals surface area contributed by atoms with Crippen LogP contribution in [0.4, 0.5) is 5.69 Å². The Kier molecular flexibility index (Phi) is 9.03. The van der Waals surface area contributed by atoms with Gasteiger partial charge in [0.1, 0.15) is 0 Å². The lowest BCUT2D eigenvalue weighted by atomic mass is 10.0. The molecule has 2 N–H and O–H groups in total. The summed E-state index contributed by atoms with van der Waals surface area (Å²) in [4.78, 5) is 29.2. The van der Waals surface area contributed by atoms with Crippen molar-refractivity contribution in [2.45, 2.75) is 43.5 Å². The number of thioether (sulfide) groups is 1. The van der Waals surface area contributed by atoms with Crippen molar-refractivity contribution in [3.8, 4) is 0 Å². The highest BCUT2D eigenvalue weighted by Gasteiger charge is 2.32. The van der Waals surface area contributed by atoms with E-state index in [0.29, 0.717) is 29.0 Å². The van der Waals surface area contributed by atoms with Gasteiger partial charge in [0, 0.05) is 40.7 Å². The van der Waals surface area contributed by atoms with Crippen molar-refractivity contribution >= 4 is 29.1 Å². The van der Waals surface area contributed by atoms with E-state index < -0.39 is 6.29 Å². The number of hydrogen-bond donors (Lipinski definition) is 2. The van der Waals surface area contributed by atoms with E-state index in [1.807, 2.05) is 48.5 Å². The van der Waals surface area contributed by atoms with Crippen LogP contribution in [0.5, 0.6) is 0 Å². The number of nitrogens with one attached hydrogen (secondary N) is 1. The second-order valence-electron chi connectivity index (χ2n) is 9.55. The number of amides is 1. The van der Waals surface area contributed by atoms with Crippen molar-refractivity contribution in [2.24, 2.45) is 0 Å². The summed E-state index contributed by atoms with van der Waals surface area (Å²) in [6.07, 6.45) is 1.39. The molecule has 7 nitrogen and oxygen atoms in total. The summed E-state index contributed by atoms with van der Waals surface area (Å²) in [5, 5.41) is 13.2. The number of anilines is 1. The van der Waals surface area contributed by atoms with Crippen LogP contribution in [0.2, 0.25) is 0 Å². The Morgan fingerprint density at radius 2 is 1.73 bits per heavy atom. The van der Waals surface area contributed by atoms with Gasteiger partial charge in [0.15, 0.2) is 12.1 Å². The molecule has 1 unspecified atom stereocenters. The average molecular weight is 555 g/mol. The average Bonchev–Trinajstić information content (AvgIpc) is 3.00. The maximum Gasteiger partial charge on any atom is 0.255 e. The van der Waals surface area contributed by atoms with Gasteiger partial charge in [-0.1, -0.05) is 54.6 Å². The van der Waals surface area contributed by atoms with Crippen LogP contribution in [0.1, 0.15) is 63.1 Å². The van der Waals surface area contributed by atoms with E-state index in [2.05, 4.69) is 10.3 Å². The number of pyridine rings is 1. The van der Waals surface area contributed by atoms with Gasteiger partial charge in [-0.2, -0.15) is 0 Å². The molecule has 1 aliphatic rings. The van der Waals surface area contributed by atoms with Crippen molar-refractivity contribution in [1.82, 2.24) is 4.98 Å². The lowest BCUT2D eigenvalue weighted by molar-refractivity contribution is -0.245. The van der Waals surface area contributed by atoms with Gasteiger partial charge in [-0.3, -0.25) is 9.59 Å². The molecular formula is C32H30N2O5S. The fourth-order valence-corrected chi connectivity index (χ4v) is 5.36. The number of aromatic nitrogens is 1. The number of aliphatic hydroxyl groups excluding tert-OH is 1. The number of carbonyl (C=O) groups is 2.